The van der Waals surface area contributed by atoms with Crippen molar-refractivity contribution in [2.75, 3.05) is 17.7 Å². The maximum atomic E-state index is 5.93. The van der Waals surface area contributed by atoms with E-state index in [0.717, 1.165) is 35.3 Å². The normalized spacial score (nSPS) is 25.4. The van der Waals surface area contributed by atoms with Gasteiger partial charge in [0.2, 0.25) is 0 Å². The second kappa shape index (κ2) is 5.06. The molecule has 2 unspecified atom stereocenters. The third-order valence-electron chi connectivity index (χ3n) is 2.86. The van der Waals surface area contributed by atoms with E-state index < -0.39 is 0 Å². The molecule has 1 aliphatic heterocycles. The Labute approximate surface area is 104 Å². The fraction of sp³-hybridized carbons (Fsp3) is 0.500. The molecule has 1 saturated heterocycles. The maximum absolute atomic E-state index is 5.93. The van der Waals surface area contributed by atoms with Crippen molar-refractivity contribution in [2.45, 2.75) is 31.9 Å². The van der Waals surface area contributed by atoms with Gasteiger partial charge < -0.3 is 15.8 Å². The number of ether oxygens (including phenoxy) is 1. The molecule has 0 aromatic heterocycles. The zero-order valence-corrected chi connectivity index (χ0v) is 11.0. The maximum Gasteiger partial charge on any atom is 0.0587 e. The molecule has 2 rings (SSSR count). The highest BCUT2D eigenvalue weighted by Crippen LogP contribution is 2.26. The summed E-state index contributed by atoms with van der Waals surface area (Å²) in [6.45, 7) is 2.94. The van der Waals surface area contributed by atoms with Gasteiger partial charge in [-0.2, -0.15) is 0 Å². The minimum Gasteiger partial charge on any atom is -0.397 e. The average Bonchev–Trinajstić information content (AvgIpc) is 2.24. The van der Waals surface area contributed by atoms with Crippen LogP contribution in [0.3, 0.4) is 0 Å². The Morgan fingerprint density at radius 3 is 3.06 bits per heavy atom. The fourth-order valence-corrected chi connectivity index (χ4v) is 2.36. The Morgan fingerprint density at radius 1 is 1.50 bits per heavy atom. The number of halogens is 1. The highest BCUT2D eigenvalue weighted by Gasteiger charge is 2.19. The van der Waals surface area contributed by atoms with E-state index in [1.807, 2.05) is 18.2 Å². The van der Waals surface area contributed by atoms with E-state index in [1.54, 1.807) is 0 Å². The van der Waals surface area contributed by atoms with Gasteiger partial charge in [-0.1, -0.05) is 15.9 Å². The molecule has 1 aromatic rings. The van der Waals surface area contributed by atoms with Gasteiger partial charge in [0.15, 0.2) is 0 Å². The zero-order valence-electron chi connectivity index (χ0n) is 9.37. The molecular formula is C12H17BrN2O. The summed E-state index contributed by atoms with van der Waals surface area (Å²) < 4.78 is 6.56. The summed E-state index contributed by atoms with van der Waals surface area (Å²) in [6.07, 6.45) is 2.40. The van der Waals surface area contributed by atoms with Crippen LogP contribution < -0.4 is 11.1 Å². The molecule has 3 N–H and O–H groups in total. The molecule has 1 heterocycles. The van der Waals surface area contributed by atoms with Gasteiger partial charge in [0.25, 0.3) is 0 Å². The highest BCUT2D eigenvalue weighted by atomic mass is 79.9. The minimum atomic E-state index is 0.333. The zero-order chi connectivity index (χ0) is 11.5. The monoisotopic (exact) mass is 284 g/mol. The molecule has 0 bridgehead atoms. The van der Waals surface area contributed by atoms with Crippen LogP contribution in [0.1, 0.15) is 19.8 Å². The van der Waals surface area contributed by atoms with Gasteiger partial charge in [-0.05, 0) is 38.0 Å². The van der Waals surface area contributed by atoms with Crippen LogP contribution in [0.5, 0.6) is 0 Å². The third-order valence-corrected chi connectivity index (χ3v) is 3.35. The van der Waals surface area contributed by atoms with E-state index in [1.165, 1.54) is 0 Å². The van der Waals surface area contributed by atoms with E-state index in [-0.39, 0.29) is 0 Å². The molecule has 0 saturated carbocycles. The second-order valence-corrected chi connectivity index (χ2v) is 5.19. The summed E-state index contributed by atoms with van der Waals surface area (Å²) in [4.78, 5) is 0. The van der Waals surface area contributed by atoms with Crippen molar-refractivity contribution in [1.29, 1.82) is 0 Å². The first kappa shape index (κ1) is 11.7. The summed E-state index contributed by atoms with van der Waals surface area (Å²) in [5.41, 5.74) is 7.73. The van der Waals surface area contributed by atoms with Crippen molar-refractivity contribution in [3.63, 3.8) is 0 Å². The molecule has 0 radical (unpaired) electrons. The lowest BCUT2D eigenvalue weighted by Gasteiger charge is -2.29. The van der Waals surface area contributed by atoms with Gasteiger partial charge in [-0.25, -0.2) is 0 Å². The second-order valence-electron chi connectivity index (χ2n) is 4.28. The Morgan fingerprint density at radius 2 is 2.31 bits per heavy atom. The van der Waals surface area contributed by atoms with Gasteiger partial charge in [0, 0.05) is 17.1 Å². The van der Waals surface area contributed by atoms with Crippen LogP contribution in [0.4, 0.5) is 11.4 Å². The molecule has 1 aromatic carbocycles. The third kappa shape index (κ3) is 2.89. The molecule has 0 spiro atoms. The van der Waals surface area contributed by atoms with Crippen LogP contribution in [0.15, 0.2) is 22.7 Å². The first-order valence-electron chi connectivity index (χ1n) is 5.58. The number of benzene rings is 1. The number of nitrogens with one attached hydrogen (secondary N) is 1. The predicted octanol–water partition coefficient (Wildman–Crippen LogP) is 3.01. The van der Waals surface area contributed by atoms with E-state index in [0.29, 0.717) is 12.1 Å². The lowest BCUT2D eigenvalue weighted by molar-refractivity contribution is 0.0232. The number of nitrogen functional groups attached to an aromatic ring is 1. The molecule has 1 aliphatic rings. The smallest absolute Gasteiger partial charge is 0.0587 e. The Bertz CT molecular complexity index is 370. The van der Waals surface area contributed by atoms with Crippen molar-refractivity contribution in [1.82, 2.24) is 0 Å². The largest absolute Gasteiger partial charge is 0.397 e. The van der Waals surface area contributed by atoms with Crippen molar-refractivity contribution in [3.05, 3.63) is 22.7 Å². The number of anilines is 2. The number of nitrogens with two attached hydrogens (primary N) is 1. The van der Waals surface area contributed by atoms with Crippen LogP contribution in [-0.4, -0.2) is 18.8 Å². The molecular weight excluding hydrogens is 268 g/mol. The Balaban J connectivity index is 2.05. The summed E-state index contributed by atoms with van der Waals surface area (Å²) in [7, 11) is 0. The van der Waals surface area contributed by atoms with Crippen LogP contribution in [0.25, 0.3) is 0 Å². The summed E-state index contributed by atoms with van der Waals surface area (Å²) >= 11 is 3.45. The topological polar surface area (TPSA) is 47.3 Å². The summed E-state index contributed by atoms with van der Waals surface area (Å²) in [5, 5.41) is 3.49. The fourth-order valence-electron chi connectivity index (χ4n) is 2.00. The summed E-state index contributed by atoms with van der Waals surface area (Å²) in [5.74, 6) is 0. The molecule has 0 aliphatic carbocycles. The average molecular weight is 285 g/mol. The molecule has 88 valence electrons. The number of hydrogen-bond donors (Lipinski definition) is 2. The quantitative estimate of drug-likeness (QED) is 0.821. The molecule has 3 nitrogen and oxygen atoms in total. The molecule has 0 amide bonds. The first-order chi connectivity index (χ1) is 7.65. The van der Waals surface area contributed by atoms with Crippen LogP contribution in [0, 0.1) is 0 Å². The SMILES string of the molecule is CC1CC(Nc2cc(Br)ccc2N)CCO1. The van der Waals surface area contributed by atoms with Crippen molar-refractivity contribution < 1.29 is 4.74 Å². The van der Waals surface area contributed by atoms with Crippen LogP contribution in [0.2, 0.25) is 0 Å². The van der Waals surface area contributed by atoms with Crippen molar-refractivity contribution >= 4 is 27.3 Å². The van der Waals surface area contributed by atoms with E-state index in [4.69, 9.17) is 10.5 Å². The highest BCUT2D eigenvalue weighted by molar-refractivity contribution is 9.10. The lowest BCUT2D eigenvalue weighted by Crippen LogP contribution is -2.32. The van der Waals surface area contributed by atoms with Crippen LogP contribution >= 0.6 is 15.9 Å². The van der Waals surface area contributed by atoms with E-state index in [2.05, 4.69) is 28.2 Å². The van der Waals surface area contributed by atoms with Gasteiger partial charge in [0.1, 0.15) is 0 Å². The van der Waals surface area contributed by atoms with E-state index >= 15 is 0 Å². The molecule has 4 heteroatoms. The number of hydrogen-bond acceptors (Lipinski definition) is 3. The Kier molecular flexibility index (Phi) is 3.71. The summed E-state index contributed by atoms with van der Waals surface area (Å²) in [6, 6.07) is 6.35. The van der Waals surface area contributed by atoms with Gasteiger partial charge >= 0.3 is 0 Å². The van der Waals surface area contributed by atoms with Gasteiger partial charge in [-0.15, -0.1) is 0 Å². The van der Waals surface area contributed by atoms with E-state index in [9.17, 15) is 0 Å². The standard InChI is InChI=1S/C12H17BrN2O/c1-8-6-10(4-5-16-8)15-12-7-9(13)2-3-11(12)14/h2-3,7-8,10,15H,4-6,14H2,1H3. The van der Waals surface area contributed by atoms with Gasteiger partial charge in [0.05, 0.1) is 17.5 Å². The lowest BCUT2D eigenvalue weighted by atomic mass is 10.0. The predicted molar refractivity (Wildman–Crippen MR) is 70.6 cm³/mol. The van der Waals surface area contributed by atoms with Gasteiger partial charge in [-0.3, -0.25) is 0 Å². The van der Waals surface area contributed by atoms with Crippen molar-refractivity contribution in [3.8, 4) is 0 Å². The Hall–Kier alpha value is -0.740. The van der Waals surface area contributed by atoms with Crippen molar-refractivity contribution in [2.24, 2.45) is 0 Å². The van der Waals surface area contributed by atoms with Crippen LogP contribution in [-0.2, 0) is 4.74 Å². The molecule has 1 fully saturated rings. The first-order valence-corrected chi connectivity index (χ1v) is 6.37. The molecule has 2 atom stereocenters. The number of rotatable bonds is 2. The minimum absolute atomic E-state index is 0.333. The molecule has 16 heavy (non-hydrogen) atoms.